The van der Waals surface area contributed by atoms with Gasteiger partial charge in [-0.1, -0.05) is 60.7 Å². The Morgan fingerprint density at radius 3 is 2.59 bits per heavy atom. The second-order valence-corrected chi connectivity index (χ2v) is 5.93. The Morgan fingerprint density at radius 2 is 1.73 bits per heavy atom. The van der Waals surface area contributed by atoms with Gasteiger partial charge in [0.05, 0.1) is 0 Å². The highest BCUT2D eigenvalue weighted by atomic mass is 15.1. The van der Waals surface area contributed by atoms with Crippen LogP contribution in [0.2, 0.25) is 0 Å². The van der Waals surface area contributed by atoms with Crippen molar-refractivity contribution in [2.24, 2.45) is 0 Å². The van der Waals surface area contributed by atoms with Gasteiger partial charge in [-0.05, 0) is 40.8 Å². The van der Waals surface area contributed by atoms with E-state index in [0.717, 1.165) is 12.8 Å². The molecule has 1 heterocycles. The monoisotopic (exact) mass is 285 g/mol. The molecule has 0 atom stereocenters. The van der Waals surface area contributed by atoms with Crippen LogP contribution in [-0.2, 0) is 6.42 Å². The maximum atomic E-state index is 2.35. The van der Waals surface area contributed by atoms with E-state index in [-0.39, 0.29) is 0 Å². The summed E-state index contributed by atoms with van der Waals surface area (Å²) in [5, 5.41) is 0. The third kappa shape index (κ3) is 2.19. The summed E-state index contributed by atoms with van der Waals surface area (Å²) in [7, 11) is 2.19. The van der Waals surface area contributed by atoms with E-state index in [1.807, 2.05) is 0 Å². The van der Waals surface area contributed by atoms with Crippen molar-refractivity contribution in [3.05, 3.63) is 94.7 Å². The van der Waals surface area contributed by atoms with E-state index in [9.17, 15) is 0 Å². The minimum absolute atomic E-state index is 1.00. The van der Waals surface area contributed by atoms with E-state index in [1.54, 1.807) is 0 Å². The van der Waals surface area contributed by atoms with Gasteiger partial charge in [-0.3, -0.25) is 0 Å². The minimum atomic E-state index is 1.00. The quantitative estimate of drug-likeness (QED) is 0.714. The van der Waals surface area contributed by atoms with Gasteiger partial charge in [-0.15, -0.1) is 0 Å². The maximum Gasteiger partial charge on any atom is 0.0479 e. The van der Waals surface area contributed by atoms with Crippen LogP contribution in [0, 0.1) is 0 Å². The molecule has 1 aliphatic heterocycles. The summed E-state index contributed by atoms with van der Waals surface area (Å²) in [5.74, 6) is 0. The summed E-state index contributed by atoms with van der Waals surface area (Å²) in [4.78, 5) is 2.35. The topological polar surface area (TPSA) is 3.24 Å². The van der Waals surface area contributed by atoms with Crippen LogP contribution in [0.3, 0.4) is 0 Å². The second-order valence-electron chi connectivity index (χ2n) is 5.93. The van der Waals surface area contributed by atoms with Crippen LogP contribution in [0.5, 0.6) is 0 Å². The zero-order chi connectivity index (χ0) is 14.9. The number of likely N-dealkylation sites (N-methyl/N-ethyl adjacent to an activating group) is 1. The van der Waals surface area contributed by atoms with E-state index in [4.69, 9.17) is 0 Å². The molecule has 0 saturated carbocycles. The molecule has 0 radical (unpaired) electrons. The fourth-order valence-electron chi connectivity index (χ4n) is 3.47. The lowest BCUT2D eigenvalue weighted by atomic mass is 9.87. The highest BCUT2D eigenvalue weighted by Crippen LogP contribution is 2.39. The van der Waals surface area contributed by atoms with Gasteiger partial charge in [0.25, 0.3) is 0 Å². The smallest absolute Gasteiger partial charge is 0.0479 e. The predicted octanol–water partition coefficient (Wildman–Crippen LogP) is 4.98. The lowest BCUT2D eigenvalue weighted by Crippen LogP contribution is -2.26. The molecule has 2 aromatic carbocycles. The van der Waals surface area contributed by atoms with E-state index < -0.39 is 0 Å². The Balaban J connectivity index is 1.80. The van der Waals surface area contributed by atoms with Crippen molar-refractivity contribution in [3.8, 4) is 0 Å². The van der Waals surface area contributed by atoms with E-state index >= 15 is 0 Å². The summed E-state index contributed by atoms with van der Waals surface area (Å²) < 4.78 is 0. The number of benzene rings is 2. The highest BCUT2D eigenvalue weighted by molar-refractivity contribution is 5.73. The molecule has 4 rings (SSSR count). The standard InChI is InChI=1S/C21H19N/c1-22-20-13-6-5-10-17(20)15-19-12-7-11-18(21(19)22)14-16-8-3-2-4-9-16/h2-10,12-14H,11,15H2,1H3/b18-14+. The second kappa shape index (κ2) is 5.34. The molecule has 1 nitrogen and oxygen atoms in total. The SMILES string of the molecule is CN1C2=C(C=CC/C2=C\c2ccccc2)Cc2ccccc21. The molecular formula is C21H19N. The highest BCUT2D eigenvalue weighted by Gasteiger charge is 2.24. The average molecular weight is 285 g/mol. The van der Waals surface area contributed by atoms with Crippen molar-refractivity contribution in [1.29, 1.82) is 0 Å². The van der Waals surface area contributed by atoms with Crippen LogP contribution in [-0.4, -0.2) is 7.05 Å². The molecule has 0 bridgehead atoms. The van der Waals surface area contributed by atoms with E-state index in [0.29, 0.717) is 0 Å². The Labute approximate surface area is 131 Å². The molecule has 0 fully saturated rings. The van der Waals surface area contributed by atoms with Gasteiger partial charge in [0, 0.05) is 24.9 Å². The molecule has 1 heteroatoms. The third-order valence-electron chi connectivity index (χ3n) is 4.47. The van der Waals surface area contributed by atoms with Crippen LogP contribution in [0.4, 0.5) is 5.69 Å². The molecule has 2 aromatic rings. The summed E-state index contributed by atoms with van der Waals surface area (Å²) in [5.41, 5.74) is 8.22. The van der Waals surface area contributed by atoms with Gasteiger partial charge in [-0.25, -0.2) is 0 Å². The maximum absolute atomic E-state index is 2.35. The molecule has 1 aliphatic carbocycles. The lowest BCUT2D eigenvalue weighted by Gasteiger charge is -2.35. The largest absolute Gasteiger partial charge is 0.344 e. The lowest BCUT2D eigenvalue weighted by molar-refractivity contribution is 0.951. The van der Waals surface area contributed by atoms with Crippen molar-refractivity contribution in [2.75, 3.05) is 11.9 Å². The van der Waals surface area contributed by atoms with Crippen LogP contribution >= 0.6 is 0 Å². The molecule has 0 N–H and O–H groups in total. The molecule has 108 valence electrons. The minimum Gasteiger partial charge on any atom is -0.344 e. The Kier molecular flexibility index (Phi) is 3.19. The van der Waals surface area contributed by atoms with Crippen molar-refractivity contribution < 1.29 is 0 Å². The van der Waals surface area contributed by atoms with E-state index in [2.05, 4.69) is 84.8 Å². The Hall–Kier alpha value is -2.54. The van der Waals surface area contributed by atoms with Gasteiger partial charge >= 0.3 is 0 Å². The summed E-state index contributed by atoms with van der Waals surface area (Å²) in [6.07, 6.45) is 8.93. The Morgan fingerprint density at radius 1 is 0.955 bits per heavy atom. The number of allylic oxidation sites excluding steroid dienone is 4. The van der Waals surface area contributed by atoms with Crippen molar-refractivity contribution in [3.63, 3.8) is 0 Å². The number of fused-ring (bicyclic) bond motifs is 1. The molecule has 0 amide bonds. The number of para-hydroxylation sites is 1. The first-order chi connectivity index (χ1) is 10.8. The molecule has 0 saturated heterocycles. The molecule has 0 unspecified atom stereocenters. The Bertz CT molecular complexity index is 794. The molecule has 22 heavy (non-hydrogen) atoms. The summed E-state index contributed by atoms with van der Waals surface area (Å²) >= 11 is 0. The fourth-order valence-corrected chi connectivity index (χ4v) is 3.47. The molecule has 2 aliphatic rings. The average Bonchev–Trinajstić information content (AvgIpc) is 2.56. The number of hydrogen-bond acceptors (Lipinski definition) is 1. The van der Waals surface area contributed by atoms with Crippen molar-refractivity contribution in [2.45, 2.75) is 12.8 Å². The van der Waals surface area contributed by atoms with Gasteiger partial charge in [0.1, 0.15) is 0 Å². The number of nitrogens with zero attached hydrogens (tertiary/aromatic N) is 1. The van der Waals surface area contributed by atoms with E-state index in [1.165, 1.54) is 33.7 Å². The fraction of sp³-hybridized carbons (Fsp3) is 0.143. The van der Waals surface area contributed by atoms with Crippen LogP contribution in [0.15, 0.2) is 83.6 Å². The molecule has 0 spiro atoms. The van der Waals surface area contributed by atoms with Crippen LogP contribution in [0.25, 0.3) is 6.08 Å². The number of rotatable bonds is 1. The van der Waals surface area contributed by atoms with Gasteiger partial charge in [-0.2, -0.15) is 0 Å². The van der Waals surface area contributed by atoms with Crippen LogP contribution < -0.4 is 4.90 Å². The first kappa shape index (κ1) is 13.1. The van der Waals surface area contributed by atoms with Crippen molar-refractivity contribution in [1.82, 2.24) is 0 Å². The molecule has 0 aromatic heterocycles. The zero-order valence-corrected chi connectivity index (χ0v) is 12.8. The third-order valence-corrected chi connectivity index (χ3v) is 4.47. The first-order valence-electron chi connectivity index (χ1n) is 7.80. The zero-order valence-electron chi connectivity index (χ0n) is 12.8. The summed E-state index contributed by atoms with van der Waals surface area (Å²) in [6, 6.07) is 19.3. The first-order valence-corrected chi connectivity index (χ1v) is 7.80. The van der Waals surface area contributed by atoms with Gasteiger partial charge < -0.3 is 4.90 Å². The van der Waals surface area contributed by atoms with Crippen molar-refractivity contribution >= 4 is 11.8 Å². The summed E-state index contributed by atoms with van der Waals surface area (Å²) in [6.45, 7) is 0. The van der Waals surface area contributed by atoms with Gasteiger partial charge in [0.2, 0.25) is 0 Å². The predicted molar refractivity (Wildman–Crippen MR) is 93.8 cm³/mol. The number of hydrogen-bond donors (Lipinski definition) is 0. The molecular weight excluding hydrogens is 266 g/mol. The van der Waals surface area contributed by atoms with Crippen LogP contribution in [0.1, 0.15) is 17.5 Å². The van der Waals surface area contributed by atoms with Gasteiger partial charge in [0.15, 0.2) is 0 Å². The normalized spacial score (nSPS) is 18.4. The number of anilines is 1.